The number of carbonyl (C=O) groups is 3. The number of nitrogens with zero attached hydrogens (tertiary/aromatic N) is 2. The Morgan fingerprint density at radius 3 is 2.41 bits per heavy atom. The van der Waals surface area contributed by atoms with Crippen LogP contribution < -0.4 is 20.9 Å². The first kappa shape index (κ1) is 40.7. The second-order valence-corrected chi connectivity index (χ2v) is 15.5. The first-order valence-electron chi connectivity index (χ1n) is 20.4. The van der Waals surface area contributed by atoms with Gasteiger partial charge in [0.15, 0.2) is 6.61 Å². The van der Waals surface area contributed by atoms with Crippen LogP contribution in [-0.2, 0) is 19.1 Å². The van der Waals surface area contributed by atoms with Gasteiger partial charge >= 0.3 is 12.1 Å². The normalized spacial score (nSPS) is 20.3. The number of carbonyl (C=O) groups excluding carboxylic acids is 3. The fraction of sp³-hybridized carbons (Fsp3) is 0.455. The third-order valence-corrected chi connectivity index (χ3v) is 11.6. The minimum atomic E-state index is -0.847. The van der Waals surface area contributed by atoms with Crippen molar-refractivity contribution in [3.05, 3.63) is 106 Å². The summed E-state index contributed by atoms with van der Waals surface area (Å²) in [4.78, 5) is 57.5. The number of aliphatic hydroxyl groups excluding tert-OH is 1. The highest BCUT2D eigenvalue weighted by Gasteiger charge is 2.37. The summed E-state index contributed by atoms with van der Waals surface area (Å²) in [5.41, 5.74) is 2.25. The standard InChI is InChI=1S/C44H53N5O9/c50-36-13-11-34(35-12-14-39(52)46-42(35)36)37(51)26-45-19-4-5-24-56-43(54)31-17-22-49(23-18-31)40(53)28-57-33-10-6-9-32(25-33)41(30-7-2-1-3-8-30)47-44(55)58-38-27-48-20-15-29(38)16-21-48/h1-3,6-14,25,29,31,37-38,41,45,50-51H,4-5,15-24,26-28H2,(H,46,52)(H,47,55)/t37-,38+,41?/m1/s1. The highest BCUT2D eigenvalue weighted by Crippen LogP contribution is 2.31. The van der Waals surface area contributed by atoms with Crippen LogP contribution in [0.25, 0.3) is 10.9 Å². The van der Waals surface area contributed by atoms with Crippen molar-refractivity contribution >= 4 is 28.9 Å². The summed E-state index contributed by atoms with van der Waals surface area (Å²) in [6.07, 6.45) is 3.10. The van der Waals surface area contributed by atoms with Gasteiger partial charge in [-0.25, -0.2) is 4.79 Å². The molecule has 4 aliphatic rings. The Labute approximate surface area is 337 Å². The molecule has 308 valence electrons. The van der Waals surface area contributed by atoms with Crippen molar-refractivity contribution in [1.82, 2.24) is 25.4 Å². The number of phenols is 1. The average Bonchev–Trinajstić information content (AvgIpc) is 3.25. The number of piperidine rings is 4. The number of ether oxygens (including phenoxy) is 3. The van der Waals surface area contributed by atoms with Crippen LogP contribution in [0.2, 0.25) is 0 Å². The van der Waals surface area contributed by atoms with Crippen molar-refractivity contribution in [3.63, 3.8) is 0 Å². The molecule has 4 fully saturated rings. The van der Waals surface area contributed by atoms with Crippen molar-refractivity contribution in [2.24, 2.45) is 11.8 Å². The molecule has 0 saturated carbocycles. The number of esters is 1. The second-order valence-electron chi connectivity index (χ2n) is 15.5. The maximum atomic E-state index is 13.2. The summed E-state index contributed by atoms with van der Waals surface area (Å²) in [6, 6.07) is 22.6. The van der Waals surface area contributed by atoms with Crippen LogP contribution in [-0.4, -0.2) is 108 Å². The quantitative estimate of drug-likeness (QED) is 0.0801. The highest BCUT2D eigenvalue weighted by atomic mass is 16.6. The van der Waals surface area contributed by atoms with Gasteiger partial charge in [0.1, 0.15) is 17.6 Å². The molecule has 0 aliphatic carbocycles. The fourth-order valence-corrected chi connectivity index (χ4v) is 8.26. The topological polar surface area (TPSA) is 183 Å². The Morgan fingerprint density at radius 2 is 1.66 bits per heavy atom. The van der Waals surface area contributed by atoms with Crippen molar-refractivity contribution in [1.29, 1.82) is 0 Å². The molecule has 5 N–H and O–H groups in total. The maximum absolute atomic E-state index is 13.2. The van der Waals surface area contributed by atoms with Crippen LogP contribution in [0.3, 0.4) is 0 Å². The number of aromatic amines is 1. The molecule has 14 nitrogen and oxygen atoms in total. The Kier molecular flexibility index (Phi) is 13.6. The fourth-order valence-electron chi connectivity index (χ4n) is 8.26. The van der Waals surface area contributed by atoms with Crippen LogP contribution in [0.4, 0.5) is 4.79 Å². The number of amides is 2. The summed E-state index contributed by atoms with van der Waals surface area (Å²) in [5.74, 6) is 0.157. The molecule has 4 saturated heterocycles. The van der Waals surface area contributed by atoms with Gasteiger partial charge in [-0.05, 0) is 105 Å². The zero-order valence-electron chi connectivity index (χ0n) is 32.6. The number of aromatic hydroxyl groups is 1. The van der Waals surface area contributed by atoms with E-state index in [0.717, 1.165) is 50.0 Å². The number of aliphatic hydroxyl groups is 1. The molecule has 8 rings (SSSR count). The lowest BCUT2D eigenvalue weighted by atomic mass is 9.86. The zero-order valence-corrected chi connectivity index (χ0v) is 32.6. The number of pyridine rings is 1. The smallest absolute Gasteiger partial charge is 0.408 e. The van der Waals surface area contributed by atoms with Gasteiger partial charge in [0, 0.05) is 37.6 Å². The van der Waals surface area contributed by atoms with Crippen molar-refractivity contribution in [2.75, 3.05) is 59.0 Å². The van der Waals surface area contributed by atoms with Crippen LogP contribution in [0.15, 0.2) is 83.7 Å². The largest absolute Gasteiger partial charge is 0.506 e. The number of rotatable bonds is 16. The number of phenolic OH excluding ortho intramolecular Hbond substituents is 1. The van der Waals surface area contributed by atoms with Gasteiger partial charge in [0.2, 0.25) is 5.56 Å². The van der Waals surface area contributed by atoms with E-state index in [-0.39, 0.29) is 60.5 Å². The van der Waals surface area contributed by atoms with E-state index in [1.165, 1.54) is 12.1 Å². The minimum Gasteiger partial charge on any atom is -0.506 e. The number of nitrogens with one attached hydrogen (secondary N) is 3. The molecule has 4 aromatic rings. The van der Waals surface area contributed by atoms with Gasteiger partial charge in [0.05, 0.1) is 30.2 Å². The molecule has 1 unspecified atom stereocenters. The van der Waals surface area contributed by atoms with E-state index in [2.05, 4.69) is 20.5 Å². The van der Waals surface area contributed by atoms with Crippen molar-refractivity contribution < 1.29 is 38.8 Å². The predicted octanol–water partition coefficient (Wildman–Crippen LogP) is 4.41. The Hall–Kier alpha value is -5.44. The number of alkyl carbamates (subject to hydrolysis) is 1. The molecule has 3 atom stereocenters. The molecule has 0 spiro atoms. The third kappa shape index (κ3) is 10.3. The number of hydrogen-bond donors (Lipinski definition) is 5. The molecule has 1 aromatic heterocycles. The third-order valence-electron chi connectivity index (χ3n) is 11.6. The number of fused-ring (bicyclic) bond motifs is 4. The van der Waals surface area contributed by atoms with Gasteiger partial charge in [-0.15, -0.1) is 0 Å². The zero-order chi connectivity index (χ0) is 40.4. The molecule has 2 amide bonds. The second kappa shape index (κ2) is 19.3. The van der Waals surface area contributed by atoms with Gasteiger partial charge in [-0.3, -0.25) is 19.3 Å². The van der Waals surface area contributed by atoms with E-state index in [1.54, 1.807) is 23.1 Å². The van der Waals surface area contributed by atoms with E-state index in [0.29, 0.717) is 61.5 Å². The van der Waals surface area contributed by atoms with Gasteiger partial charge < -0.3 is 44.9 Å². The lowest BCUT2D eigenvalue weighted by molar-refractivity contribution is -0.152. The first-order chi connectivity index (χ1) is 28.2. The molecule has 58 heavy (non-hydrogen) atoms. The number of likely N-dealkylation sites (tertiary alicyclic amines) is 1. The summed E-state index contributed by atoms with van der Waals surface area (Å²) in [6.45, 7) is 4.78. The number of aromatic nitrogens is 1. The van der Waals surface area contributed by atoms with E-state index >= 15 is 0 Å². The first-order valence-corrected chi connectivity index (χ1v) is 20.4. The minimum absolute atomic E-state index is 0.0585. The highest BCUT2D eigenvalue weighted by molar-refractivity contribution is 5.87. The molecular weight excluding hydrogens is 743 g/mol. The molecule has 14 heteroatoms. The molecule has 2 bridgehead atoms. The SMILES string of the molecule is O=C(NC(c1ccccc1)c1cccc(OCC(=O)N2CCC(C(=O)OCCCCNC[C@@H](O)c3ccc(O)c4[nH]c(=O)ccc34)CC2)c1)O[C@H]1CN2CCC1CC2. The van der Waals surface area contributed by atoms with Crippen molar-refractivity contribution in [2.45, 2.75) is 56.8 Å². The van der Waals surface area contributed by atoms with Gasteiger partial charge in [-0.2, -0.15) is 0 Å². The molecular formula is C44H53N5O9. The molecule has 5 heterocycles. The lowest BCUT2D eigenvalue weighted by Crippen LogP contribution is -2.52. The predicted molar refractivity (Wildman–Crippen MR) is 216 cm³/mol. The summed E-state index contributed by atoms with van der Waals surface area (Å²) in [7, 11) is 0. The number of unbranched alkanes of at least 4 members (excludes halogenated alkanes) is 1. The van der Waals surface area contributed by atoms with Gasteiger partial charge in [-0.1, -0.05) is 48.5 Å². The number of H-pyrrole nitrogens is 1. The Morgan fingerprint density at radius 1 is 0.879 bits per heavy atom. The van der Waals surface area contributed by atoms with Crippen LogP contribution >= 0.6 is 0 Å². The van der Waals surface area contributed by atoms with Crippen LogP contribution in [0.1, 0.15) is 67.4 Å². The summed E-state index contributed by atoms with van der Waals surface area (Å²) in [5, 5.41) is 27.7. The lowest BCUT2D eigenvalue weighted by Gasteiger charge is -2.43. The van der Waals surface area contributed by atoms with E-state index in [1.807, 2.05) is 48.5 Å². The van der Waals surface area contributed by atoms with Crippen molar-refractivity contribution in [3.8, 4) is 11.5 Å². The summed E-state index contributed by atoms with van der Waals surface area (Å²) >= 11 is 0. The van der Waals surface area contributed by atoms with E-state index < -0.39 is 18.2 Å². The monoisotopic (exact) mass is 795 g/mol. The Bertz CT molecular complexity index is 2080. The molecule has 4 aliphatic heterocycles. The number of benzene rings is 3. The molecule has 3 aromatic carbocycles. The van der Waals surface area contributed by atoms with Crippen LogP contribution in [0.5, 0.6) is 11.5 Å². The van der Waals surface area contributed by atoms with Crippen LogP contribution in [0, 0.1) is 11.8 Å². The number of hydrogen-bond acceptors (Lipinski definition) is 11. The average molecular weight is 796 g/mol. The maximum Gasteiger partial charge on any atom is 0.408 e. The van der Waals surface area contributed by atoms with E-state index in [9.17, 15) is 29.4 Å². The van der Waals surface area contributed by atoms with Gasteiger partial charge in [0.25, 0.3) is 5.91 Å². The molecule has 0 radical (unpaired) electrons. The summed E-state index contributed by atoms with van der Waals surface area (Å²) < 4.78 is 17.5. The van der Waals surface area contributed by atoms with E-state index in [4.69, 9.17) is 14.2 Å². The Balaban J connectivity index is 0.804.